The highest BCUT2D eigenvalue weighted by atomic mass is 32.2. The Morgan fingerprint density at radius 2 is 2.10 bits per heavy atom. The Bertz CT molecular complexity index is 637. The van der Waals surface area contributed by atoms with Crippen molar-refractivity contribution in [3.8, 4) is 0 Å². The van der Waals surface area contributed by atoms with Gasteiger partial charge in [-0.3, -0.25) is 4.79 Å². The summed E-state index contributed by atoms with van der Waals surface area (Å²) in [6, 6.07) is -0.957. The molecule has 0 radical (unpaired) electrons. The number of fused-ring (bicyclic) bond motifs is 1. The normalized spacial score (nSPS) is 23.7. The van der Waals surface area contributed by atoms with Crippen LogP contribution in [0.25, 0.3) is 0 Å². The number of hydrogen-bond acceptors (Lipinski definition) is 4. The number of aromatic nitrogens is 2. The van der Waals surface area contributed by atoms with Crippen LogP contribution in [0.5, 0.6) is 0 Å². The second kappa shape index (κ2) is 4.85. The molecule has 110 valence electrons. The number of hydrogen-bond donors (Lipinski definition) is 1. The van der Waals surface area contributed by atoms with Gasteiger partial charge in [-0.1, -0.05) is 0 Å². The van der Waals surface area contributed by atoms with E-state index in [9.17, 15) is 18.3 Å². The number of imidazole rings is 1. The molecule has 3 rings (SSSR count). The third-order valence-electron chi connectivity index (χ3n) is 4.00. The number of carbonyl (C=O) groups is 1. The lowest BCUT2D eigenvalue weighted by molar-refractivity contribution is -0.142. The summed E-state index contributed by atoms with van der Waals surface area (Å²) >= 11 is 0. The predicted octanol–water partition coefficient (Wildman–Crippen LogP) is 0.457. The fourth-order valence-electron chi connectivity index (χ4n) is 3.00. The number of rotatable bonds is 3. The average Bonchev–Trinajstić information content (AvgIpc) is 3.00. The van der Waals surface area contributed by atoms with Gasteiger partial charge in [0.05, 0.1) is 6.20 Å². The van der Waals surface area contributed by atoms with Gasteiger partial charge in [0.25, 0.3) is 10.0 Å². The van der Waals surface area contributed by atoms with Crippen LogP contribution in [0.1, 0.15) is 31.5 Å². The maximum absolute atomic E-state index is 12.7. The molecule has 2 aliphatic rings. The molecule has 0 spiro atoms. The zero-order valence-electron chi connectivity index (χ0n) is 11.0. The Morgan fingerprint density at radius 1 is 1.30 bits per heavy atom. The molecular formula is C12H17N3O4S. The van der Waals surface area contributed by atoms with E-state index < -0.39 is 22.0 Å². The minimum atomic E-state index is -3.79. The molecule has 1 atom stereocenters. The number of carboxylic acids is 1. The summed E-state index contributed by atoms with van der Waals surface area (Å²) in [5.41, 5.74) is 0. The summed E-state index contributed by atoms with van der Waals surface area (Å²) in [5, 5.41) is 9.37. The van der Waals surface area contributed by atoms with E-state index in [0.29, 0.717) is 19.4 Å². The Hall–Kier alpha value is -1.41. The lowest BCUT2D eigenvalue weighted by Gasteiger charge is -2.31. The zero-order valence-corrected chi connectivity index (χ0v) is 11.8. The largest absolute Gasteiger partial charge is 0.480 e. The average molecular weight is 299 g/mol. The molecule has 1 aromatic heterocycles. The Balaban J connectivity index is 2.00. The van der Waals surface area contributed by atoms with Crippen molar-refractivity contribution in [1.82, 2.24) is 13.9 Å². The quantitative estimate of drug-likeness (QED) is 0.875. The summed E-state index contributed by atoms with van der Waals surface area (Å²) in [4.78, 5) is 15.4. The van der Waals surface area contributed by atoms with Crippen molar-refractivity contribution in [3.63, 3.8) is 0 Å². The van der Waals surface area contributed by atoms with Crippen LogP contribution in [-0.4, -0.2) is 45.9 Å². The van der Waals surface area contributed by atoms with Crippen LogP contribution in [0.15, 0.2) is 11.2 Å². The molecule has 20 heavy (non-hydrogen) atoms. The highest BCUT2D eigenvalue weighted by Gasteiger charge is 2.39. The van der Waals surface area contributed by atoms with Crippen molar-refractivity contribution < 1.29 is 18.3 Å². The Labute approximate surface area is 117 Å². The lowest BCUT2D eigenvalue weighted by atomic mass is 10.1. The topological polar surface area (TPSA) is 92.5 Å². The molecule has 1 N–H and O–H groups in total. The van der Waals surface area contributed by atoms with E-state index in [2.05, 4.69) is 4.98 Å². The fraction of sp³-hybridized carbons (Fsp3) is 0.667. The smallest absolute Gasteiger partial charge is 0.322 e. The minimum Gasteiger partial charge on any atom is -0.480 e. The number of carboxylic acid groups (broad SMARTS) is 1. The molecule has 7 nitrogen and oxygen atoms in total. The second-order valence-electron chi connectivity index (χ2n) is 5.23. The van der Waals surface area contributed by atoms with E-state index in [1.54, 1.807) is 4.57 Å². The van der Waals surface area contributed by atoms with Gasteiger partial charge in [0.15, 0.2) is 5.03 Å². The van der Waals surface area contributed by atoms with Crippen LogP contribution >= 0.6 is 0 Å². The lowest BCUT2D eigenvalue weighted by Crippen LogP contribution is -2.48. The summed E-state index contributed by atoms with van der Waals surface area (Å²) in [7, 11) is -3.79. The monoisotopic (exact) mass is 299 g/mol. The van der Waals surface area contributed by atoms with Crippen LogP contribution in [0.2, 0.25) is 0 Å². The molecule has 0 unspecified atom stereocenters. The van der Waals surface area contributed by atoms with Crippen molar-refractivity contribution in [2.45, 2.75) is 49.7 Å². The van der Waals surface area contributed by atoms with Gasteiger partial charge in [0.1, 0.15) is 11.9 Å². The first-order valence-electron chi connectivity index (χ1n) is 6.81. The van der Waals surface area contributed by atoms with E-state index in [4.69, 9.17) is 0 Å². The minimum absolute atomic E-state index is 0.137. The fourth-order valence-corrected chi connectivity index (χ4v) is 4.80. The first-order chi connectivity index (χ1) is 9.51. The Kier molecular flexibility index (Phi) is 3.29. The van der Waals surface area contributed by atoms with E-state index in [1.165, 1.54) is 6.20 Å². The molecule has 0 saturated carbocycles. The highest BCUT2D eigenvalue weighted by molar-refractivity contribution is 7.89. The molecule has 1 fully saturated rings. The van der Waals surface area contributed by atoms with Gasteiger partial charge in [0, 0.05) is 19.5 Å². The molecule has 1 aromatic rings. The summed E-state index contributed by atoms with van der Waals surface area (Å²) in [5.74, 6) is -0.304. The third kappa shape index (κ3) is 2.03. The van der Waals surface area contributed by atoms with Gasteiger partial charge in [-0.05, 0) is 25.7 Å². The molecule has 8 heteroatoms. The van der Waals surface area contributed by atoms with Crippen molar-refractivity contribution in [2.24, 2.45) is 0 Å². The SMILES string of the molecule is O=C(O)[C@@H]1CCCCN1S(=O)(=O)c1cnc2n1CCC2. The van der Waals surface area contributed by atoms with Crippen LogP contribution in [0.4, 0.5) is 0 Å². The van der Waals surface area contributed by atoms with Gasteiger partial charge < -0.3 is 9.67 Å². The maximum atomic E-state index is 12.7. The third-order valence-corrected chi connectivity index (χ3v) is 5.90. The molecule has 0 aliphatic carbocycles. The standard InChI is InChI=1S/C12H17N3O4S/c16-12(17)9-4-1-2-7-15(9)20(18,19)11-8-13-10-5-3-6-14(10)11/h8-9H,1-7H2,(H,16,17)/t9-/m0/s1. The first-order valence-corrected chi connectivity index (χ1v) is 8.25. The van der Waals surface area contributed by atoms with Crippen LogP contribution in [0.3, 0.4) is 0 Å². The molecule has 0 amide bonds. The molecule has 0 bridgehead atoms. The second-order valence-corrected chi connectivity index (χ2v) is 7.07. The van der Waals surface area contributed by atoms with Crippen LogP contribution in [0, 0.1) is 0 Å². The van der Waals surface area contributed by atoms with Crippen LogP contribution < -0.4 is 0 Å². The van der Waals surface area contributed by atoms with Crippen molar-refractivity contribution in [2.75, 3.05) is 6.54 Å². The Morgan fingerprint density at radius 3 is 2.85 bits per heavy atom. The first kappa shape index (κ1) is 13.6. The number of nitrogens with zero attached hydrogens (tertiary/aromatic N) is 3. The molecule has 3 heterocycles. The van der Waals surface area contributed by atoms with Gasteiger partial charge in [-0.25, -0.2) is 13.4 Å². The zero-order chi connectivity index (χ0) is 14.3. The predicted molar refractivity (Wildman–Crippen MR) is 69.7 cm³/mol. The van der Waals surface area contributed by atoms with Crippen molar-refractivity contribution >= 4 is 16.0 Å². The summed E-state index contributed by atoms with van der Waals surface area (Å²) < 4.78 is 28.3. The van der Waals surface area contributed by atoms with Crippen LogP contribution in [-0.2, 0) is 27.8 Å². The molecule has 2 aliphatic heterocycles. The number of piperidine rings is 1. The number of aliphatic carboxylic acids is 1. The van der Waals surface area contributed by atoms with Gasteiger partial charge in [-0.15, -0.1) is 0 Å². The number of aryl methyl sites for hydroxylation is 1. The molecular weight excluding hydrogens is 282 g/mol. The summed E-state index contributed by atoms with van der Waals surface area (Å²) in [6.45, 7) is 0.898. The number of sulfonamides is 1. The van der Waals surface area contributed by atoms with E-state index in [-0.39, 0.29) is 11.6 Å². The van der Waals surface area contributed by atoms with E-state index in [0.717, 1.165) is 29.4 Å². The van der Waals surface area contributed by atoms with E-state index in [1.807, 2.05) is 0 Å². The van der Waals surface area contributed by atoms with Crippen molar-refractivity contribution in [3.05, 3.63) is 12.0 Å². The maximum Gasteiger partial charge on any atom is 0.322 e. The van der Waals surface area contributed by atoms with Gasteiger partial charge in [-0.2, -0.15) is 4.31 Å². The van der Waals surface area contributed by atoms with Gasteiger partial charge in [0.2, 0.25) is 0 Å². The van der Waals surface area contributed by atoms with E-state index >= 15 is 0 Å². The molecule has 1 saturated heterocycles. The molecule has 0 aromatic carbocycles. The van der Waals surface area contributed by atoms with Crippen molar-refractivity contribution in [1.29, 1.82) is 0 Å². The van der Waals surface area contributed by atoms with Gasteiger partial charge >= 0.3 is 5.97 Å². The highest BCUT2D eigenvalue weighted by Crippen LogP contribution is 2.28. The summed E-state index contributed by atoms with van der Waals surface area (Å²) in [6.07, 6.45) is 4.83.